The first-order valence-electron chi connectivity index (χ1n) is 3.96. The summed E-state index contributed by atoms with van der Waals surface area (Å²) in [4.78, 5) is 11.4. The van der Waals surface area contributed by atoms with Gasteiger partial charge in [0, 0.05) is 11.3 Å². The molecule has 0 aliphatic rings. The van der Waals surface area contributed by atoms with E-state index < -0.39 is 0 Å². The van der Waals surface area contributed by atoms with Gasteiger partial charge >= 0.3 is 0 Å². The SMILES string of the molecule is CCC(C)(C)C(=O)C(C)C. The Labute approximate surface area is 63.8 Å². The standard InChI is InChI=1S/C9H18O/c1-6-9(4,5)8(10)7(2)3/h7H,6H2,1-5H3. The quantitative estimate of drug-likeness (QED) is 0.592. The van der Waals surface area contributed by atoms with Crippen LogP contribution in [0.2, 0.25) is 0 Å². The summed E-state index contributed by atoms with van der Waals surface area (Å²) in [6.45, 7) is 9.99. The predicted octanol–water partition coefficient (Wildman–Crippen LogP) is 2.65. The fourth-order valence-corrected chi connectivity index (χ4v) is 0.956. The van der Waals surface area contributed by atoms with Crippen LogP contribution in [0.15, 0.2) is 0 Å². The van der Waals surface area contributed by atoms with Crippen molar-refractivity contribution in [1.29, 1.82) is 0 Å². The van der Waals surface area contributed by atoms with E-state index in [2.05, 4.69) is 6.92 Å². The first-order chi connectivity index (χ1) is 4.41. The minimum atomic E-state index is -0.117. The predicted molar refractivity (Wildman–Crippen MR) is 43.9 cm³/mol. The number of ketones is 1. The van der Waals surface area contributed by atoms with Gasteiger partial charge in [0.05, 0.1) is 0 Å². The highest BCUT2D eigenvalue weighted by Gasteiger charge is 2.26. The van der Waals surface area contributed by atoms with Crippen LogP contribution in [0.25, 0.3) is 0 Å². The molecule has 0 heterocycles. The monoisotopic (exact) mass is 142 g/mol. The fourth-order valence-electron chi connectivity index (χ4n) is 0.956. The van der Waals surface area contributed by atoms with Crippen molar-refractivity contribution in [2.24, 2.45) is 11.3 Å². The molecule has 0 saturated carbocycles. The van der Waals surface area contributed by atoms with Gasteiger partial charge in [0.25, 0.3) is 0 Å². The van der Waals surface area contributed by atoms with Crippen molar-refractivity contribution in [1.82, 2.24) is 0 Å². The van der Waals surface area contributed by atoms with Crippen LogP contribution < -0.4 is 0 Å². The molecule has 0 amide bonds. The Morgan fingerprint density at radius 2 is 1.80 bits per heavy atom. The van der Waals surface area contributed by atoms with E-state index in [0.717, 1.165) is 6.42 Å². The lowest BCUT2D eigenvalue weighted by atomic mass is 9.80. The van der Waals surface area contributed by atoms with Crippen LogP contribution in [-0.4, -0.2) is 5.78 Å². The topological polar surface area (TPSA) is 17.1 Å². The van der Waals surface area contributed by atoms with Crippen molar-refractivity contribution in [3.63, 3.8) is 0 Å². The number of hydrogen-bond acceptors (Lipinski definition) is 1. The number of carbonyl (C=O) groups excluding carboxylic acids is 1. The molecule has 0 aromatic rings. The zero-order valence-electron chi connectivity index (χ0n) is 7.69. The molecule has 0 rings (SSSR count). The highest BCUT2D eigenvalue weighted by atomic mass is 16.1. The molecule has 0 aromatic carbocycles. The average Bonchev–Trinajstić information content (AvgIpc) is 1.86. The van der Waals surface area contributed by atoms with Gasteiger partial charge in [-0.25, -0.2) is 0 Å². The Bertz CT molecular complexity index is 123. The Balaban J connectivity index is 4.19. The van der Waals surface area contributed by atoms with E-state index in [-0.39, 0.29) is 11.3 Å². The molecule has 0 saturated heterocycles. The van der Waals surface area contributed by atoms with E-state index in [9.17, 15) is 4.79 Å². The Hall–Kier alpha value is -0.330. The zero-order chi connectivity index (χ0) is 8.36. The molecule has 0 N–H and O–H groups in total. The summed E-state index contributed by atoms with van der Waals surface area (Å²) in [6, 6.07) is 0. The molecule has 1 heteroatoms. The molecule has 60 valence electrons. The summed E-state index contributed by atoms with van der Waals surface area (Å²) in [5.74, 6) is 0.546. The van der Waals surface area contributed by atoms with Crippen molar-refractivity contribution in [2.45, 2.75) is 41.0 Å². The highest BCUT2D eigenvalue weighted by Crippen LogP contribution is 2.24. The van der Waals surface area contributed by atoms with Crippen LogP contribution in [0, 0.1) is 11.3 Å². The largest absolute Gasteiger partial charge is 0.299 e. The summed E-state index contributed by atoms with van der Waals surface area (Å²) in [6.07, 6.45) is 0.935. The third-order valence-corrected chi connectivity index (χ3v) is 2.08. The normalized spacial score (nSPS) is 12.2. The van der Waals surface area contributed by atoms with Crippen molar-refractivity contribution in [2.75, 3.05) is 0 Å². The second-order valence-corrected chi connectivity index (χ2v) is 3.76. The van der Waals surface area contributed by atoms with Crippen molar-refractivity contribution < 1.29 is 4.79 Å². The molecular formula is C9H18O. The van der Waals surface area contributed by atoms with Gasteiger partial charge in [-0.1, -0.05) is 34.6 Å². The Morgan fingerprint density at radius 3 is 1.90 bits per heavy atom. The molecule has 0 unspecified atom stereocenters. The summed E-state index contributed by atoms with van der Waals surface area (Å²) in [5.41, 5.74) is -0.117. The van der Waals surface area contributed by atoms with Crippen LogP contribution in [-0.2, 0) is 4.79 Å². The van der Waals surface area contributed by atoms with Gasteiger partial charge in [-0.15, -0.1) is 0 Å². The maximum Gasteiger partial charge on any atom is 0.140 e. The summed E-state index contributed by atoms with van der Waals surface area (Å²) < 4.78 is 0. The van der Waals surface area contributed by atoms with Crippen molar-refractivity contribution in [3.8, 4) is 0 Å². The maximum atomic E-state index is 11.4. The lowest BCUT2D eigenvalue weighted by Gasteiger charge is -2.22. The summed E-state index contributed by atoms with van der Waals surface area (Å²) in [5, 5.41) is 0. The van der Waals surface area contributed by atoms with Gasteiger partial charge in [0.1, 0.15) is 5.78 Å². The van der Waals surface area contributed by atoms with Crippen molar-refractivity contribution in [3.05, 3.63) is 0 Å². The third-order valence-electron chi connectivity index (χ3n) is 2.08. The third kappa shape index (κ3) is 2.13. The van der Waals surface area contributed by atoms with Crippen LogP contribution in [0.1, 0.15) is 41.0 Å². The molecule has 0 aliphatic heterocycles. The second kappa shape index (κ2) is 3.18. The van der Waals surface area contributed by atoms with E-state index in [4.69, 9.17) is 0 Å². The minimum Gasteiger partial charge on any atom is -0.299 e. The van der Waals surface area contributed by atoms with Crippen LogP contribution in [0.4, 0.5) is 0 Å². The molecule has 0 bridgehead atoms. The van der Waals surface area contributed by atoms with Gasteiger partial charge in [-0.05, 0) is 6.42 Å². The molecule has 0 fully saturated rings. The molecule has 1 nitrogen and oxygen atoms in total. The molecule has 0 aromatic heterocycles. The van der Waals surface area contributed by atoms with Gasteiger partial charge in [-0.2, -0.15) is 0 Å². The van der Waals surface area contributed by atoms with Crippen LogP contribution in [0.3, 0.4) is 0 Å². The lowest BCUT2D eigenvalue weighted by molar-refractivity contribution is -0.130. The molecule has 0 radical (unpaired) electrons. The smallest absolute Gasteiger partial charge is 0.140 e. The molecule has 0 aliphatic carbocycles. The molecular weight excluding hydrogens is 124 g/mol. The fraction of sp³-hybridized carbons (Fsp3) is 0.889. The first-order valence-corrected chi connectivity index (χ1v) is 3.96. The summed E-state index contributed by atoms with van der Waals surface area (Å²) >= 11 is 0. The number of carbonyl (C=O) groups is 1. The van der Waals surface area contributed by atoms with Crippen molar-refractivity contribution >= 4 is 5.78 Å². The lowest BCUT2D eigenvalue weighted by Crippen LogP contribution is -2.27. The molecule has 0 atom stereocenters. The Kier molecular flexibility index (Phi) is 3.07. The Morgan fingerprint density at radius 1 is 1.40 bits per heavy atom. The molecule has 10 heavy (non-hydrogen) atoms. The number of Topliss-reactive ketones (excluding diaryl/α,β-unsaturated/α-hetero) is 1. The number of rotatable bonds is 3. The first kappa shape index (κ1) is 9.67. The van der Waals surface area contributed by atoms with E-state index in [1.165, 1.54) is 0 Å². The minimum absolute atomic E-state index is 0.117. The highest BCUT2D eigenvalue weighted by molar-refractivity contribution is 5.85. The van der Waals surface area contributed by atoms with Crippen LogP contribution >= 0.6 is 0 Å². The van der Waals surface area contributed by atoms with E-state index in [0.29, 0.717) is 5.78 Å². The van der Waals surface area contributed by atoms with Gasteiger partial charge < -0.3 is 0 Å². The average molecular weight is 142 g/mol. The van der Waals surface area contributed by atoms with E-state index in [1.807, 2.05) is 27.7 Å². The van der Waals surface area contributed by atoms with E-state index >= 15 is 0 Å². The van der Waals surface area contributed by atoms with Crippen LogP contribution in [0.5, 0.6) is 0 Å². The number of hydrogen-bond donors (Lipinski definition) is 0. The molecule has 0 spiro atoms. The van der Waals surface area contributed by atoms with Gasteiger partial charge in [0.15, 0.2) is 0 Å². The maximum absolute atomic E-state index is 11.4. The van der Waals surface area contributed by atoms with Gasteiger partial charge in [-0.3, -0.25) is 4.79 Å². The summed E-state index contributed by atoms with van der Waals surface area (Å²) in [7, 11) is 0. The van der Waals surface area contributed by atoms with E-state index in [1.54, 1.807) is 0 Å². The van der Waals surface area contributed by atoms with Gasteiger partial charge in [0.2, 0.25) is 0 Å². The second-order valence-electron chi connectivity index (χ2n) is 3.76. The zero-order valence-corrected chi connectivity index (χ0v) is 7.69.